The van der Waals surface area contributed by atoms with Gasteiger partial charge in [-0.3, -0.25) is 4.79 Å². The largest absolute Gasteiger partial charge is 0.299 e. The fourth-order valence-corrected chi connectivity index (χ4v) is 6.07. The fraction of sp³-hybridized carbons (Fsp3) is 0.476. The number of halogens is 1. The summed E-state index contributed by atoms with van der Waals surface area (Å²) >= 11 is 6.39. The molecule has 118 valence electrons. The van der Waals surface area contributed by atoms with Crippen molar-refractivity contribution in [2.75, 3.05) is 0 Å². The van der Waals surface area contributed by atoms with E-state index in [0.717, 1.165) is 36.6 Å². The van der Waals surface area contributed by atoms with Gasteiger partial charge in [-0.25, -0.2) is 0 Å². The van der Waals surface area contributed by atoms with Crippen LogP contribution in [0, 0.1) is 17.8 Å². The SMILES string of the molecule is O=C1CC[C@H]2[C@@H]3CCc4c(ccc5c(Cl)cccc45)[C@H]3CC[C@H]12. The third kappa shape index (κ3) is 1.96. The third-order valence-electron chi connectivity index (χ3n) is 6.79. The Balaban J connectivity index is 1.61. The molecule has 2 aromatic rings. The highest BCUT2D eigenvalue weighted by atomic mass is 35.5. The highest BCUT2D eigenvalue weighted by molar-refractivity contribution is 6.35. The highest BCUT2D eigenvalue weighted by Gasteiger charge is 2.47. The second-order valence-corrected chi connectivity index (χ2v) is 8.04. The molecule has 0 N–H and O–H groups in total. The quantitative estimate of drug-likeness (QED) is 0.623. The molecule has 0 unspecified atom stereocenters. The Morgan fingerprint density at radius 3 is 2.52 bits per heavy atom. The zero-order valence-corrected chi connectivity index (χ0v) is 14.0. The normalized spacial score (nSPS) is 32.5. The first kappa shape index (κ1) is 14.0. The molecule has 0 aromatic heterocycles. The van der Waals surface area contributed by atoms with Gasteiger partial charge in [0.05, 0.1) is 0 Å². The summed E-state index contributed by atoms with van der Waals surface area (Å²) in [5.74, 6) is 2.97. The minimum Gasteiger partial charge on any atom is -0.299 e. The summed E-state index contributed by atoms with van der Waals surface area (Å²) in [7, 11) is 0. The lowest BCUT2D eigenvalue weighted by molar-refractivity contribution is -0.122. The Hall–Kier alpha value is -1.34. The van der Waals surface area contributed by atoms with Crippen LogP contribution in [0.25, 0.3) is 10.8 Å². The van der Waals surface area contributed by atoms with Crippen molar-refractivity contribution in [1.29, 1.82) is 0 Å². The van der Waals surface area contributed by atoms with Gasteiger partial charge in [0.1, 0.15) is 5.78 Å². The predicted molar refractivity (Wildman–Crippen MR) is 94.0 cm³/mol. The molecule has 3 aliphatic rings. The predicted octanol–water partition coefficient (Wildman–Crippen LogP) is 5.53. The summed E-state index contributed by atoms with van der Waals surface area (Å²) in [4.78, 5) is 12.1. The summed E-state index contributed by atoms with van der Waals surface area (Å²) in [6.07, 6.45) is 6.66. The number of hydrogen-bond donors (Lipinski definition) is 0. The molecule has 0 radical (unpaired) electrons. The molecule has 3 aliphatic carbocycles. The van der Waals surface area contributed by atoms with Gasteiger partial charge in [0, 0.05) is 22.7 Å². The molecule has 0 amide bonds. The van der Waals surface area contributed by atoms with Gasteiger partial charge in [-0.1, -0.05) is 35.9 Å². The number of Topliss-reactive ketones (excluding diaryl/α,β-unsaturated/α-hetero) is 1. The van der Waals surface area contributed by atoms with Crippen molar-refractivity contribution in [2.45, 2.75) is 44.4 Å². The van der Waals surface area contributed by atoms with Gasteiger partial charge in [0.15, 0.2) is 0 Å². The topological polar surface area (TPSA) is 17.1 Å². The smallest absolute Gasteiger partial charge is 0.136 e. The van der Waals surface area contributed by atoms with Crippen LogP contribution in [-0.2, 0) is 11.2 Å². The standard InChI is InChI=1S/C21H21ClO/c22-20-3-1-2-12-13-4-5-16-15(14(13)6-8-18(12)20)7-9-19-17(16)10-11-21(19)23/h1-3,6,8,15-17,19H,4-5,7,9-11H2/t15-,16-,17+,19+/m1/s1. The summed E-state index contributed by atoms with van der Waals surface area (Å²) in [5.41, 5.74) is 3.07. The molecule has 23 heavy (non-hydrogen) atoms. The summed E-state index contributed by atoms with van der Waals surface area (Å²) in [6, 6.07) is 10.8. The summed E-state index contributed by atoms with van der Waals surface area (Å²) < 4.78 is 0. The maximum Gasteiger partial charge on any atom is 0.136 e. The molecule has 4 atom stereocenters. The molecule has 2 heteroatoms. The van der Waals surface area contributed by atoms with Gasteiger partial charge < -0.3 is 0 Å². The van der Waals surface area contributed by atoms with E-state index in [2.05, 4.69) is 24.3 Å². The molecule has 5 rings (SSSR count). The number of benzene rings is 2. The lowest BCUT2D eigenvalue weighted by Gasteiger charge is -2.44. The second kappa shape index (κ2) is 5.08. The zero-order chi connectivity index (χ0) is 15.6. The van der Waals surface area contributed by atoms with E-state index < -0.39 is 0 Å². The maximum absolute atomic E-state index is 12.1. The van der Waals surface area contributed by atoms with E-state index in [1.54, 1.807) is 5.56 Å². The summed E-state index contributed by atoms with van der Waals surface area (Å²) in [6.45, 7) is 0. The molecule has 0 saturated heterocycles. The Kier molecular flexibility index (Phi) is 3.10. The average molecular weight is 325 g/mol. The first-order chi connectivity index (χ1) is 11.2. The number of aryl methyl sites for hydroxylation is 1. The van der Waals surface area contributed by atoms with Crippen molar-refractivity contribution in [1.82, 2.24) is 0 Å². The van der Waals surface area contributed by atoms with Crippen LogP contribution in [0.2, 0.25) is 5.02 Å². The lowest BCUT2D eigenvalue weighted by Crippen LogP contribution is -2.35. The van der Waals surface area contributed by atoms with E-state index in [-0.39, 0.29) is 0 Å². The number of fused-ring (bicyclic) bond motifs is 7. The van der Waals surface area contributed by atoms with Crippen LogP contribution in [-0.4, -0.2) is 5.78 Å². The first-order valence-electron chi connectivity index (χ1n) is 8.97. The van der Waals surface area contributed by atoms with E-state index in [9.17, 15) is 4.79 Å². The van der Waals surface area contributed by atoms with Crippen LogP contribution in [0.5, 0.6) is 0 Å². The molecular weight excluding hydrogens is 304 g/mol. The highest BCUT2D eigenvalue weighted by Crippen LogP contribution is 2.54. The number of hydrogen-bond acceptors (Lipinski definition) is 1. The van der Waals surface area contributed by atoms with Gasteiger partial charge in [-0.15, -0.1) is 0 Å². The molecular formula is C21H21ClO. The molecule has 0 aliphatic heterocycles. The van der Waals surface area contributed by atoms with Gasteiger partial charge in [0.25, 0.3) is 0 Å². The van der Waals surface area contributed by atoms with Crippen molar-refractivity contribution in [3.8, 4) is 0 Å². The second-order valence-electron chi connectivity index (χ2n) is 7.63. The average Bonchev–Trinajstić information content (AvgIpc) is 2.96. The Bertz CT molecular complexity index is 809. The van der Waals surface area contributed by atoms with Gasteiger partial charge in [-0.05, 0) is 72.4 Å². The monoisotopic (exact) mass is 324 g/mol. The third-order valence-corrected chi connectivity index (χ3v) is 7.12. The lowest BCUT2D eigenvalue weighted by atomic mass is 9.60. The van der Waals surface area contributed by atoms with Crippen molar-refractivity contribution in [3.63, 3.8) is 0 Å². The molecule has 1 nitrogen and oxygen atoms in total. The maximum atomic E-state index is 12.1. The zero-order valence-electron chi connectivity index (χ0n) is 13.2. The number of rotatable bonds is 0. The van der Waals surface area contributed by atoms with E-state index in [1.807, 2.05) is 6.07 Å². The van der Waals surface area contributed by atoms with E-state index in [1.165, 1.54) is 29.2 Å². The number of ketones is 1. The van der Waals surface area contributed by atoms with E-state index in [0.29, 0.717) is 23.5 Å². The number of carbonyl (C=O) groups excluding carboxylic acids is 1. The van der Waals surface area contributed by atoms with Crippen LogP contribution >= 0.6 is 11.6 Å². The minimum atomic E-state index is 0.382. The Morgan fingerprint density at radius 2 is 1.61 bits per heavy atom. The minimum absolute atomic E-state index is 0.382. The molecule has 2 aromatic carbocycles. The van der Waals surface area contributed by atoms with Gasteiger partial charge >= 0.3 is 0 Å². The van der Waals surface area contributed by atoms with Crippen molar-refractivity contribution < 1.29 is 4.79 Å². The molecule has 2 fully saturated rings. The Labute approximate surface area is 142 Å². The molecule has 0 heterocycles. The molecule has 0 spiro atoms. The summed E-state index contributed by atoms with van der Waals surface area (Å²) in [5, 5.41) is 3.40. The Morgan fingerprint density at radius 1 is 0.826 bits per heavy atom. The molecule has 2 saturated carbocycles. The fourth-order valence-electron chi connectivity index (χ4n) is 5.83. The number of carbonyl (C=O) groups is 1. The van der Waals surface area contributed by atoms with Crippen LogP contribution in [0.3, 0.4) is 0 Å². The van der Waals surface area contributed by atoms with Crippen LogP contribution < -0.4 is 0 Å². The van der Waals surface area contributed by atoms with E-state index >= 15 is 0 Å². The first-order valence-corrected chi connectivity index (χ1v) is 9.34. The van der Waals surface area contributed by atoms with Crippen LogP contribution in [0.15, 0.2) is 30.3 Å². The van der Waals surface area contributed by atoms with Gasteiger partial charge in [0.2, 0.25) is 0 Å². The van der Waals surface area contributed by atoms with Gasteiger partial charge in [-0.2, -0.15) is 0 Å². The van der Waals surface area contributed by atoms with Crippen molar-refractivity contribution in [2.24, 2.45) is 17.8 Å². The van der Waals surface area contributed by atoms with Crippen LogP contribution in [0.4, 0.5) is 0 Å². The van der Waals surface area contributed by atoms with Crippen molar-refractivity contribution in [3.05, 3.63) is 46.5 Å². The van der Waals surface area contributed by atoms with Crippen molar-refractivity contribution >= 4 is 28.2 Å². The molecule has 0 bridgehead atoms. The van der Waals surface area contributed by atoms with E-state index in [4.69, 9.17) is 11.6 Å². The van der Waals surface area contributed by atoms with Crippen LogP contribution in [0.1, 0.15) is 49.1 Å².